The monoisotopic (exact) mass is 324 g/mol. The number of benzene rings is 1. The highest BCUT2D eigenvalue weighted by molar-refractivity contribution is 6.06. The van der Waals surface area contributed by atoms with Gasteiger partial charge in [0.1, 0.15) is 5.75 Å². The van der Waals surface area contributed by atoms with Crippen molar-refractivity contribution in [1.82, 2.24) is 5.01 Å². The molecule has 1 aliphatic heterocycles. The van der Waals surface area contributed by atoms with Crippen LogP contribution in [0.3, 0.4) is 0 Å². The van der Waals surface area contributed by atoms with E-state index in [0.717, 1.165) is 11.4 Å². The molecule has 3 aliphatic rings. The summed E-state index contributed by atoms with van der Waals surface area (Å²) in [5.74, 6) is -0.793. The van der Waals surface area contributed by atoms with Gasteiger partial charge in [-0.05, 0) is 30.4 Å². The number of rotatable bonds is 3. The van der Waals surface area contributed by atoms with E-state index in [1.54, 1.807) is 24.3 Å². The first kappa shape index (κ1) is 14.8. The standard InChI is InChI=1S/C18H16N2O4/c1-10(21)24-14-5-3-2-4-13(14)9-19-20-17(22)15-11-6-7-12(8-11)16(15)18(20)23/h2-7,9,11-12,15-16H,8H2,1H3. The van der Waals surface area contributed by atoms with Crippen molar-refractivity contribution >= 4 is 24.0 Å². The SMILES string of the molecule is CC(=O)Oc1ccccc1C=NN1C(=O)C2C3C=CC(C3)C2C1=O. The molecule has 0 radical (unpaired) electrons. The van der Waals surface area contributed by atoms with Gasteiger partial charge in [0.2, 0.25) is 0 Å². The lowest BCUT2D eigenvalue weighted by Crippen LogP contribution is -2.28. The number of nitrogens with zero attached hydrogens (tertiary/aromatic N) is 2. The first-order valence-electron chi connectivity index (χ1n) is 7.94. The Bertz CT molecular complexity index is 768. The van der Waals surface area contributed by atoms with Gasteiger partial charge in [-0.25, -0.2) is 0 Å². The van der Waals surface area contributed by atoms with Crippen LogP contribution in [0.5, 0.6) is 5.75 Å². The summed E-state index contributed by atoms with van der Waals surface area (Å²) in [5, 5.41) is 5.07. The Hall–Kier alpha value is -2.76. The Morgan fingerprint density at radius 3 is 2.42 bits per heavy atom. The largest absolute Gasteiger partial charge is 0.426 e. The minimum Gasteiger partial charge on any atom is -0.426 e. The summed E-state index contributed by atoms with van der Waals surface area (Å²) >= 11 is 0. The highest BCUT2D eigenvalue weighted by Gasteiger charge is 2.59. The third-order valence-electron chi connectivity index (χ3n) is 4.93. The van der Waals surface area contributed by atoms with Crippen molar-refractivity contribution < 1.29 is 19.1 Å². The molecule has 2 fully saturated rings. The van der Waals surface area contributed by atoms with Gasteiger partial charge in [0.05, 0.1) is 18.1 Å². The lowest BCUT2D eigenvalue weighted by atomic mass is 9.85. The van der Waals surface area contributed by atoms with Crippen molar-refractivity contribution in [3.8, 4) is 5.75 Å². The lowest BCUT2D eigenvalue weighted by molar-refractivity contribution is -0.140. The van der Waals surface area contributed by atoms with Crippen LogP contribution in [0, 0.1) is 23.7 Å². The van der Waals surface area contributed by atoms with Gasteiger partial charge in [0, 0.05) is 12.5 Å². The first-order valence-corrected chi connectivity index (χ1v) is 7.94. The predicted octanol–water partition coefficient (Wildman–Crippen LogP) is 1.75. The molecule has 4 unspecified atom stereocenters. The average molecular weight is 324 g/mol. The molecule has 2 bridgehead atoms. The molecule has 6 heteroatoms. The van der Waals surface area contributed by atoms with Crippen LogP contribution in [0.15, 0.2) is 41.5 Å². The maximum Gasteiger partial charge on any atom is 0.308 e. The number of hydrogen-bond acceptors (Lipinski definition) is 5. The number of para-hydroxylation sites is 1. The molecule has 2 aliphatic carbocycles. The lowest BCUT2D eigenvalue weighted by Gasteiger charge is -2.13. The molecule has 6 nitrogen and oxygen atoms in total. The van der Waals surface area contributed by atoms with Crippen LogP contribution in [0.1, 0.15) is 18.9 Å². The predicted molar refractivity (Wildman–Crippen MR) is 84.9 cm³/mol. The molecule has 4 atom stereocenters. The van der Waals surface area contributed by atoms with E-state index >= 15 is 0 Å². The van der Waals surface area contributed by atoms with Crippen LogP contribution in [0.2, 0.25) is 0 Å². The molecule has 1 saturated heterocycles. The van der Waals surface area contributed by atoms with Crippen molar-refractivity contribution in [1.29, 1.82) is 0 Å². The molecule has 4 rings (SSSR count). The van der Waals surface area contributed by atoms with E-state index in [4.69, 9.17) is 4.74 Å². The van der Waals surface area contributed by atoms with Crippen LogP contribution >= 0.6 is 0 Å². The summed E-state index contributed by atoms with van der Waals surface area (Å²) in [6.07, 6.45) is 6.37. The number of ether oxygens (including phenoxy) is 1. The molecule has 1 saturated carbocycles. The Morgan fingerprint density at radius 2 is 1.79 bits per heavy atom. The van der Waals surface area contributed by atoms with Gasteiger partial charge < -0.3 is 4.74 Å². The highest BCUT2D eigenvalue weighted by atomic mass is 16.5. The second-order valence-corrected chi connectivity index (χ2v) is 6.36. The maximum atomic E-state index is 12.5. The number of fused-ring (bicyclic) bond motifs is 5. The Balaban J connectivity index is 1.59. The molecular formula is C18H16N2O4. The van der Waals surface area contributed by atoms with E-state index in [1.807, 2.05) is 12.2 Å². The number of allylic oxidation sites excluding steroid dienone is 2. The number of hydrazone groups is 1. The molecule has 24 heavy (non-hydrogen) atoms. The van der Waals surface area contributed by atoms with Crippen molar-refractivity contribution in [3.05, 3.63) is 42.0 Å². The van der Waals surface area contributed by atoms with Gasteiger partial charge in [-0.2, -0.15) is 10.1 Å². The molecule has 1 heterocycles. The second-order valence-electron chi connectivity index (χ2n) is 6.36. The zero-order chi connectivity index (χ0) is 16.8. The summed E-state index contributed by atoms with van der Waals surface area (Å²) < 4.78 is 5.10. The number of carbonyl (C=O) groups excluding carboxylic acids is 3. The van der Waals surface area contributed by atoms with E-state index in [0.29, 0.717) is 11.3 Å². The van der Waals surface area contributed by atoms with Gasteiger partial charge in [-0.1, -0.05) is 24.3 Å². The third kappa shape index (κ3) is 2.18. The smallest absolute Gasteiger partial charge is 0.308 e. The number of esters is 1. The zero-order valence-electron chi connectivity index (χ0n) is 13.1. The fourth-order valence-electron chi connectivity index (χ4n) is 3.96. The Labute approximate surface area is 138 Å². The number of amides is 2. The van der Waals surface area contributed by atoms with Crippen molar-refractivity contribution in [2.75, 3.05) is 0 Å². The van der Waals surface area contributed by atoms with Crippen LogP contribution in [0.25, 0.3) is 0 Å². The maximum absolute atomic E-state index is 12.5. The summed E-state index contributed by atoms with van der Waals surface area (Å²) in [5.41, 5.74) is 0.534. The van der Waals surface area contributed by atoms with Gasteiger partial charge in [0.25, 0.3) is 11.8 Å². The van der Waals surface area contributed by atoms with E-state index in [-0.39, 0.29) is 35.5 Å². The molecule has 122 valence electrons. The molecule has 2 amide bonds. The summed E-state index contributed by atoms with van der Waals surface area (Å²) in [6.45, 7) is 1.31. The van der Waals surface area contributed by atoms with Crippen molar-refractivity contribution in [2.24, 2.45) is 28.8 Å². The van der Waals surface area contributed by atoms with Gasteiger partial charge in [0.15, 0.2) is 0 Å². The van der Waals surface area contributed by atoms with Gasteiger partial charge in [-0.15, -0.1) is 0 Å². The molecule has 1 aromatic carbocycles. The van der Waals surface area contributed by atoms with Crippen molar-refractivity contribution in [3.63, 3.8) is 0 Å². The third-order valence-corrected chi connectivity index (χ3v) is 4.93. The Kier molecular flexibility index (Phi) is 3.33. The quantitative estimate of drug-likeness (QED) is 0.279. The molecular weight excluding hydrogens is 308 g/mol. The molecule has 1 aromatic rings. The molecule has 0 aromatic heterocycles. The normalized spacial score (nSPS) is 30.5. The van der Waals surface area contributed by atoms with Crippen LogP contribution in [0.4, 0.5) is 0 Å². The number of hydrogen-bond donors (Lipinski definition) is 0. The topological polar surface area (TPSA) is 76.0 Å². The first-order chi connectivity index (χ1) is 11.6. The summed E-state index contributed by atoms with van der Waals surface area (Å²) in [7, 11) is 0. The summed E-state index contributed by atoms with van der Waals surface area (Å²) in [4.78, 5) is 36.2. The van der Waals surface area contributed by atoms with E-state index in [9.17, 15) is 14.4 Å². The minimum atomic E-state index is -0.443. The second kappa shape index (κ2) is 5.40. The van der Waals surface area contributed by atoms with E-state index in [2.05, 4.69) is 5.10 Å². The summed E-state index contributed by atoms with van der Waals surface area (Å²) in [6, 6.07) is 6.84. The average Bonchev–Trinajstić information content (AvgIpc) is 3.21. The minimum absolute atomic E-state index is 0.157. The zero-order valence-corrected chi connectivity index (χ0v) is 13.1. The van der Waals surface area contributed by atoms with Crippen molar-refractivity contribution in [2.45, 2.75) is 13.3 Å². The Morgan fingerprint density at radius 1 is 1.17 bits per heavy atom. The molecule has 0 N–H and O–H groups in total. The van der Waals surface area contributed by atoms with E-state index < -0.39 is 5.97 Å². The number of imide groups is 1. The fourth-order valence-corrected chi connectivity index (χ4v) is 3.96. The van der Waals surface area contributed by atoms with E-state index in [1.165, 1.54) is 13.1 Å². The highest BCUT2D eigenvalue weighted by Crippen LogP contribution is 2.52. The number of carbonyl (C=O) groups is 3. The van der Waals surface area contributed by atoms with Crippen LogP contribution in [-0.4, -0.2) is 29.0 Å². The fraction of sp³-hybridized carbons (Fsp3) is 0.333. The van der Waals surface area contributed by atoms with Gasteiger partial charge >= 0.3 is 5.97 Å². The van der Waals surface area contributed by atoms with Crippen LogP contribution < -0.4 is 4.74 Å². The van der Waals surface area contributed by atoms with Gasteiger partial charge in [-0.3, -0.25) is 14.4 Å². The molecule has 0 spiro atoms. The van der Waals surface area contributed by atoms with Crippen LogP contribution in [-0.2, 0) is 14.4 Å².